The summed E-state index contributed by atoms with van der Waals surface area (Å²) in [7, 11) is 0. The Morgan fingerprint density at radius 3 is 2.58 bits per heavy atom. The minimum atomic E-state index is -0.0918. The van der Waals surface area contributed by atoms with Crippen LogP contribution in [0.4, 0.5) is 17.1 Å². The van der Waals surface area contributed by atoms with Crippen molar-refractivity contribution >= 4 is 61.7 Å². The summed E-state index contributed by atoms with van der Waals surface area (Å²) in [6, 6.07) is 28.0. The van der Waals surface area contributed by atoms with Crippen LogP contribution in [0.5, 0.6) is 5.75 Å². The standard InChI is InChI=1S/C32H29BrN4O2S/c1-3-6-23-11-15-27-29(17-18-34-32(27)36-23)37-30-19-25(39-20-22-7-4-5-8-28(22)33)12-16-31(30)40-26-13-9-24(10-14-26)35-21(2)38/h4-5,7-19H,3,6,20H2,1-2H3,(H,35,38)(H,34,36,37). The molecule has 5 aromatic rings. The lowest BCUT2D eigenvalue weighted by atomic mass is 10.2. The van der Waals surface area contributed by atoms with Gasteiger partial charge in [0.15, 0.2) is 5.65 Å². The van der Waals surface area contributed by atoms with Gasteiger partial charge >= 0.3 is 0 Å². The number of nitrogens with one attached hydrogen (secondary N) is 2. The number of hydrogen-bond acceptors (Lipinski definition) is 6. The molecule has 2 aromatic heterocycles. The van der Waals surface area contributed by atoms with Gasteiger partial charge in [-0.2, -0.15) is 0 Å². The number of aromatic nitrogens is 2. The van der Waals surface area contributed by atoms with E-state index in [1.165, 1.54) is 6.92 Å². The molecule has 5 rings (SSSR count). The number of carbonyl (C=O) groups excluding carboxylic acids is 1. The van der Waals surface area contributed by atoms with Crippen molar-refractivity contribution in [2.45, 2.75) is 43.1 Å². The van der Waals surface area contributed by atoms with Crippen LogP contribution in [0.2, 0.25) is 0 Å². The Kier molecular flexibility index (Phi) is 8.98. The van der Waals surface area contributed by atoms with Crippen LogP contribution < -0.4 is 15.4 Å². The summed E-state index contributed by atoms with van der Waals surface area (Å²) in [6.45, 7) is 4.10. The van der Waals surface area contributed by atoms with Crippen molar-refractivity contribution in [3.63, 3.8) is 0 Å². The molecule has 0 saturated heterocycles. The molecule has 40 heavy (non-hydrogen) atoms. The van der Waals surface area contributed by atoms with Crippen molar-refractivity contribution in [2.24, 2.45) is 0 Å². The van der Waals surface area contributed by atoms with E-state index in [2.05, 4.69) is 56.7 Å². The summed E-state index contributed by atoms with van der Waals surface area (Å²) in [5, 5.41) is 7.40. The molecule has 202 valence electrons. The fourth-order valence-electron chi connectivity index (χ4n) is 4.22. The molecule has 2 heterocycles. The van der Waals surface area contributed by atoms with Crippen LogP contribution in [-0.4, -0.2) is 15.9 Å². The largest absolute Gasteiger partial charge is 0.489 e. The smallest absolute Gasteiger partial charge is 0.221 e. The fourth-order valence-corrected chi connectivity index (χ4v) is 5.50. The lowest BCUT2D eigenvalue weighted by molar-refractivity contribution is -0.114. The van der Waals surface area contributed by atoms with Crippen molar-refractivity contribution < 1.29 is 9.53 Å². The first-order chi connectivity index (χ1) is 19.5. The summed E-state index contributed by atoms with van der Waals surface area (Å²) in [5.74, 6) is 0.663. The number of halogens is 1. The Morgan fingerprint density at radius 1 is 0.975 bits per heavy atom. The minimum Gasteiger partial charge on any atom is -0.489 e. The number of amides is 1. The van der Waals surface area contributed by atoms with Crippen LogP contribution in [0.15, 0.2) is 105 Å². The van der Waals surface area contributed by atoms with E-state index < -0.39 is 0 Å². The molecule has 0 aliphatic carbocycles. The monoisotopic (exact) mass is 612 g/mol. The second-order valence-corrected chi connectivity index (χ2v) is 11.2. The van der Waals surface area contributed by atoms with Gasteiger partial charge in [0.1, 0.15) is 12.4 Å². The SMILES string of the molecule is CCCc1ccc2c(Nc3cc(OCc4ccccc4Br)ccc3Sc3ccc(NC(C)=O)cc3)ccnc2n1. The molecular weight excluding hydrogens is 584 g/mol. The number of ether oxygens (including phenoxy) is 1. The number of rotatable bonds is 10. The number of anilines is 3. The van der Waals surface area contributed by atoms with E-state index in [9.17, 15) is 4.79 Å². The van der Waals surface area contributed by atoms with Crippen LogP contribution in [0.25, 0.3) is 11.0 Å². The number of pyridine rings is 2. The molecule has 0 fully saturated rings. The number of fused-ring (bicyclic) bond motifs is 1. The van der Waals surface area contributed by atoms with Gasteiger partial charge in [-0.1, -0.05) is 59.2 Å². The van der Waals surface area contributed by atoms with Crippen molar-refractivity contribution in [2.75, 3.05) is 10.6 Å². The Hall–Kier alpha value is -3.88. The number of hydrogen-bond donors (Lipinski definition) is 2. The summed E-state index contributed by atoms with van der Waals surface area (Å²) >= 11 is 5.23. The van der Waals surface area contributed by atoms with Gasteiger partial charge in [-0.3, -0.25) is 4.79 Å². The summed E-state index contributed by atoms with van der Waals surface area (Å²) < 4.78 is 7.21. The van der Waals surface area contributed by atoms with Crippen LogP contribution in [0.1, 0.15) is 31.5 Å². The third kappa shape index (κ3) is 7.00. The topological polar surface area (TPSA) is 76.1 Å². The Morgan fingerprint density at radius 2 is 1.80 bits per heavy atom. The average molecular weight is 614 g/mol. The van der Waals surface area contributed by atoms with E-state index in [4.69, 9.17) is 9.72 Å². The first kappa shape index (κ1) is 27.7. The maximum absolute atomic E-state index is 11.4. The van der Waals surface area contributed by atoms with Crippen molar-refractivity contribution in [3.8, 4) is 5.75 Å². The van der Waals surface area contributed by atoms with Crippen molar-refractivity contribution in [1.82, 2.24) is 9.97 Å². The molecule has 0 radical (unpaired) electrons. The van der Waals surface area contributed by atoms with Gasteiger partial charge in [-0.25, -0.2) is 9.97 Å². The van der Waals surface area contributed by atoms with E-state index in [0.717, 1.165) is 72.2 Å². The molecular formula is C32H29BrN4O2S. The fraction of sp³-hybridized carbons (Fsp3) is 0.156. The number of carbonyl (C=O) groups is 1. The summed E-state index contributed by atoms with van der Waals surface area (Å²) in [4.78, 5) is 22.8. The molecule has 0 bridgehead atoms. The van der Waals surface area contributed by atoms with Gasteiger partial charge < -0.3 is 15.4 Å². The molecule has 0 aliphatic rings. The van der Waals surface area contributed by atoms with Gasteiger partial charge in [0.2, 0.25) is 5.91 Å². The van der Waals surface area contributed by atoms with Crippen molar-refractivity contribution in [3.05, 3.63) is 107 Å². The molecule has 8 heteroatoms. The first-order valence-corrected chi connectivity index (χ1v) is 14.7. The Bertz CT molecular complexity index is 1640. The van der Waals surface area contributed by atoms with Crippen LogP contribution in [-0.2, 0) is 17.8 Å². The molecule has 0 aliphatic heterocycles. The van der Waals surface area contributed by atoms with Gasteiger partial charge in [0, 0.05) is 55.8 Å². The number of nitrogens with zero attached hydrogens (tertiary/aromatic N) is 2. The van der Waals surface area contributed by atoms with E-state index in [1.807, 2.05) is 66.7 Å². The van der Waals surface area contributed by atoms with Crippen LogP contribution in [0.3, 0.4) is 0 Å². The summed E-state index contributed by atoms with van der Waals surface area (Å²) in [5.41, 5.74) is 5.44. The zero-order chi connectivity index (χ0) is 27.9. The molecule has 3 aromatic carbocycles. The van der Waals surface area contributed by atoms with E-state index in [1.54, 1.807) is 18.0 Å². The molecule has 0 atom stereocenters. The second kappa shape index (κ2) is 13.0. The van der Waals surface area contributed by atoms with Gasteiger partial charge in [0.25, 0.3) is 0 Å². The highest BCUT2D eigenvalue weighted by atomic mass is 79.9. The van der Waals surface area contributed by atoms with Crippen molar-refractivity contribution in [1.29, 1.82) is 0 Å². The molecule has 0 spiro atoms. The van der Waals surface area contributed by atoms with E-state index >= 15 is 0 Å². The van der Waals surface area contributed by atoms with Crippen LogP contribution in [0, 0.1) is 0 Å². The number of benzene rings is 3. The molecule has 0 saturated carbocycles. The zero-order valence-electron chi connectivity index (χ0n) is 22.3. The predicted octanol–water partition coefficient (Wildman–Crippen LogP) is 8.78. The minimum absolute atomic E-state index is 0.0918. The van der Waals surface area contributed by atoms with E-state index in [0.29, 0.717) is 6.61 Å². The molecule has 0 unspecified atom stereocenters. The lowest BCUT2D eigenvalue weighted by Gasteiger charge is -2.16. The third-order valence-corrected chi connectivity index (χ3v) is 8.00. The molecule has 1 amide bonds. The third-order valence-electron chi connectivity index (χ3n) is 6.14. The molecule has 2 N–H and O–H groups in total. The highest BCUT2D eigenvalue weighted by molar-refractivity contribution is 9.10. The number of aryl methyl sites for hydroxylation is 1. The zero-order valence-corrected chi connectivity index (χ0v) is 24.7. The van der Waals surface area contributed by atoms with Gasteiger partial charge in [-0.15, -0.1) is 0 Å². The first-order valence-electron chi connectivity index (χ1n) is 13.1. The van der Waals surface area contributed by atoms with Crippen LogP contribution >= 0.6 is 27.7 Å². The lowest BCUT2D eigenvalue weighted by Crippen LogP contribution is -2.05. The normalized spacial score (nSPS) is 10.9. The maximum Gasteiger partial charge on any atom is 0.221 e. The average Bonchev–Trinajstić information content (AvgIpc) is 2.95. The van der Waals surface area contributed by atoms with Gasteiger partial charge in [0.05, 0.1) is 11.4 Å². The van der Waals surface area contributed by atoms with Gasteiger partial charge in [-0.05, 0) is 67.1 Å². The summed E-state index contributed by atoms with van der Waals surface area (Å²) in [6.07, 6.45) is 3.75. The predicted molar refractivity (Wildman–Crippen MR) is 167 cm³/mol. The van der Waals surface area contributed by atoms with E-state index in [-0.39, 0.29) is 5.91 Å². The Labute approximate surface area is 246 Å². The maximum atomic E-state index is 11.4. The quantitative estimate of drug-likeness (QED) is 0.164. The second-order valence-electron chi connectivity index (χ2n) is 9.25. The highest BCUT2D eigenvalue weighted by Gasteiger charge is 2.12. The Balaban J connectivity index is 1.46. The highest BCUT2D eigenvalue weighted by Crippen LogP contribution is 2.39. The molecule has 6 nitrogen and oxygen atoms in total.